The van der Waals surface area contributed by atoms with Crippen molar-refractivity contribution in [2.45, 2.75) is 6.04 Å². The van der Waals surface area contributed by atoms with E-state index in [2.05, 4.69) is 21.6 Å². The molecule has 1 unspecified atom stereocenters. The number of methoxy groups -OCH3 is 1. The lowest BCUT2D eigenvalue weighted by Gasteiger charge is -2.37. The maximum Gasteiger partial charge on any atom is 0.324 e. The molecule has 1 atom stereocenters. The summed E-state index contributed by atoms with van der Waals surface area (Å²) in [6, 6.07) is 7.86. The third kappa shape index (κ3) is 3.80. The van der Waals surface area contributed by atoms with E-state index >= 15 is 0 Å². The standard InChI is InChI=1S/C16H22N4O3.ClH/c1-23-14-5-3-2-4-12(14)13-10-17-6-7-19(13)8-9-20-15(21)11-18-16(20)22;/h2-5,13,17H,6-11H2,1H3,(H,18,22);1H. The molecule has 24 heavy (non-hydrogen) atoms. The van der Waals surface area contributed by atoms with Crippen LogP contribution in [0.3, 0.4) is 0 Å². The average molecular weight is 355 g/mol. The van der Waals surface area contributed by atoms with E-state index in [0.717, 1.165) is 30.9 Å². The highest BCUT2D eigenvalue weighted by Gasteiger charge is 2.31. The Morgan fingerprint density at radius 1 is 1.25 bits per heavy atom. The molecule has 1 aromatic rings. The van der Waals surface area contributed by atoms with Crippen LogP contribution in [-0.2, 0) is 4.79 Å². The van der Waals surface area contributed by atoms with Gasteiger partial charge in [0, 0.05) is 38.3 Å². The predicted octanol–water partition coefficient (Wildman–Crippen LogP) is 0.615. The summed E-state index contributed by atoms with van der Waals surface area (Å²) >= 11 is 0. The van der Waals surface area contributed by atoms with Gasteiger partial charge >= 0.3 is 6.03 Å². The van der Waals surface area contributed by atoms with Gasteiger partial charge < -0.3 is 15.4 Å². The molecule has 2 N–H and O–H groups in total. The molecule has 0 radical (unpaired) electrons. The zero-order valence-electron chi connectivity index (χ0n) is 13.7. The third-order valence-corrected chi connectivity index (χ3v) is 4.40. The minimum absolute atomic E-state index is 0. The number of carbonyl (C=O) groups excluding carboxylic acids is 2. The van der Waals surface area contributed by atoms with Gasteiger partial charge in [0.05, 0.1) is 19.7 Å². The van der Waals surface area contributed by atoms with Crippen molar-refractivity contribution in [2.75, 3.05) is 46.4 Å². The minimum Gasteiger partial charge on any atom is -0.496 e. The number of imide groups is 1. The number of halogens is 1. The molecule has 1 aromatic carbocycles. The summed E-state index contributed by atoms with van der Waals surface area (Å²) in [5, 5.41) is 5.96. The van der Waals surface area contributed by atoms with E-state index in [1.807, 2.05) is 18.2 Å². The SMILES string of the molecule is COc1ccccc1C1CNCCN1CCN1C(=O)CNC1=O.Cl. The Balaban J connectivity index is 0.00000208. The van der Waals surface area contributed by atoms with E-state index in [-0.39, 0.29) is 36.9 Å². The maximum atomic E-state index is 11.7. The molecule has 3 rings (SSSR count). The quantitative estimate of drug-likeness (QED) is 0.758. The van der Waals surface area contributed by atoms with Crippen LogP contribution in [0.4, 0.5) is 4.79 Å². The molecule has 8 heteroatoms. The Labute approximate surface area is 147 Å². The van der Waals surface area contributed by atoms with Crippen LogP contribution in [0.15, 0.2) is 24.3 Å². The summed E-state index contributed by atoms with van der Waals surface area (Å²) in [7, 11) is 1.67. The van der Waals surface area contributed by atoms with Crippen LogP contribution in [0, 0.1) is 0 Å². The Morgan fingerprint density at radius 3 is 2.75 bits per heavy atom. The summed E-state index contributed by atoms with van der Waals surface area (Å²) in [4.78, 5) is 26.9. The second-order valence-corrected chi connectivity index (χ2v) is 5.70. The number of benzene rings is 1. The van der Waals surface area contributed by atoms with Crippen LogP contribution in [0.1, 0.15) is 11.6 Å². The van der Waals surface area contributed by atoms with E-state index in [0.29, 0.717) is 13.1 Å². The Bertz CT molecular complexity index is 582. The monoisotopic (exact) mass is 354 g/mol. The Kier molecular flexibility index (Phi) is 6.42. The van der Waals surface area contributed by atoms with E-state index in [1.165, 1.54) is 4.90 Å². The molecule has 2 fully saturated rings. The third-order valence-electron chi connectivity index (χ3n) is 4.40. The first-order chi connectivity index (χ1) is 11.2. The summed E-state index contributed by atoms with van der Waals surface area (Å²) in [5.74, 6) is 0.708. The van der Waals surface area contributed by atoms with Crippen molar-refractivity contribution < 1.29 is 14.3 Å². The van der Waals surface area contributed by atoms with Gasteiger partial charge in [-0.3, -0.25) is 14.6 Å². The molecule has 0 bridgehead atoms. The van der Waals surface area contributed by atoms with E-state index < -0.39 is 0 Å². The number of hydrogen-bond donors (Lipinski definition) is 2. The fourth-order valence-electron chi connectivity index (χ4n) is 3.17. The average Bonchev–Trinajstić information content (AvgIpc) is 2.91. The van der Waals surface area contributed by atoms with Crippen molar-refractivity contribution in [1.29, 1.82) is 0 Å². The van der Waals surface area contributed by atoms with Gasteiger partial charge in [-0.15, -0.1) is 12.4 Å². The number of urea groups is 1. The first kappa shape index (κ1) is 18.5. The lowest BCUT2D eigenvalue weighted by molar-refractivity contribution is -0.125. The largest absolute Gasteiger partial charge is 0.496 e. The Hall–Kier alpha value is -1.83. The van der Waals surface area contributed by atoms with Crippen molar-refractivity contribution in [3.8, 4) is 5.75 Å². The number of hydrogen-bond acceptors (Lipinski definition) is 5. The first-order valence-corrected chi connectivity index (χ1v) is 7.86. The molecule has 132 valence electrons. The molecular weight excluding hydrogens is 332 g/mol. The van der Waals surface area contributed by atoms with Gasteiger partial charge in [0.2, 0.25) is 5.91 Å². The van der Waals surface area contributed by atoms with Crippen molar-refractivity contribution in [1.82, 2.24) is 20.4 Å². The van der Waals surface area contributed by atoms with Crippen molar-refractivity contribution in [3.63, 3.8) is 0 Å². The summed E-state index contributed by atoms with van der Waals surface area (Å²) < 4.78 is 5.48. The van der Waals surface area contributed by atoms with Gasteiger partial charge in [-0.2, -0.15) is 0 Å². The molecule has 0 aliphatic carbocycles. The van der Waals surface area contributed by atoms with E-state index in [4.69, 9.17) is 4.74 Å². The highest BCUT2D eigenvalue weighted by molar-refractivity contribution is 6.01. The van der Waals surface area contributed by atoms with Gasteiger partial charge in [-0.1, -0.05) is 18.2 Å². The summed E-state index contributed by atoms with van der Waals surface area (Å²) in [6.07, 6.45) is 0. The van der Waals surface area contributed by atoms with Crippen LogP contribution >= 0.6 is 12.4 Å². The zero-order chi connectivity index (χ0) is 16.2. The molecule has 0 saturated carbocycles. The first-order valence-electron chi connectivity index (χ1n) is 7.86. The van der Waals surface area contributed by atoms with Crippen molar-refractivity contribution in [2.24, 2.45) is 0 Å². The number of para-hydroxylation sites is 1. The number of rotatable bonds is 5. The van der Waals surface area contributed by atoms with Crippen molar-refractivity contribution >= 4 is 24.3 Å². The second-order valence-electron chi connectivity index (χ2n) is 5.70. The van der Waals surface area contributed by atoms with Crippen molar-refractivity contribution in [3.05, 3.63) is 29.8 Å². The number of ether oxygens (including phenoxy) is 1. The van der Waals surface area contributed by atoms with Crippen LogP contribution < -0.4 is 15.4 Å². The highest BCUT2D eigenvalue weighted by atomic mass is 35.5. The van der Waals surface area contributed by atoms with Gasteiger partial charge in [0.25, 0.3) is 0 Å². The van der Waals surface area contributed by atoms with Crippen LogP contribution in [0.2, 0.25) is 0 Å². The van der Waals surface area contributed by atoms with Crippen LogP contribution in [0.25, 0.3) is 0 Å². The lowest BCUT2D eigenvalue weighted by Crippen LogP contribution is -2.49. The topological polar surface area (TPSA) is 73.9 Å². The fourth-order valence-corrected chi connectivity index (χ4v) is 3.17. The number of nitrogens with zero attached hydrogens (tertiary/aromatic N) is 2. The number of amides is 3. The molecule has 2 aliphatic heterocycles. The van der Waals surface area contributed by atoms with Gasteiger partial charge in [0.15, 0.2) is 0 Å². The number of carbonyl (C=O) groups is 2. The fraction of sp³-hybridized carbons (Fsp3) is 0.500. The molecule has 2 aliphatic rings. The van der Waals surface area contributed by atoms with E-state index in [1.54, 1.807) is 7.11 Å². The lowest BCUT2D eigenvalue weighted by atomic mass is 10.0. The predicted molar refractivity (Wildman–Crippen MR) is 92.5 cm³/mol. The molecule has 0 spiro atoms. The Morgan fingerprint density at radius 2 is 2.04 bits per heavy atom. The smallest absolute Gasteiger partial charge is 0.324 e. The van der Waals surface area contributed by atoms with Gasteiger partial charge in [-0.05, 0) is 6.07 Å². The summed E-state index contributed by atoms with van der Waals surface area (Å²) in [5.41, 5.74) is 1.12. The minimum atomic E-state index is -0.293. The van der Waals surface area contributed by atoms with Gasteiger partial charge in [0.1, 0.15) is 5.75 Å². The molecular formula is C16H23ClN4O3. The number of nitrogens with one attached hydrogen (secondary N) is 2. The molecule has 7 nitrogen and oxygen atoms in total. The molecule has 2 saturated heterocycles. The normalized spacial score (nSPS) is 21.4. The summed E-state index contributed by atoms with van der Waals surface area (Å²) in [6.45, 7) is 3.76. The maximum absolute atomic E-state index is 11.7. The molecule has 3 amide bonds. The molecule has 2 heterocycles. The highest BCUT2D eigenvalue weighted by Crippen LogP contribution is 2.29. The van der Waals surface area contributed by atoms with Crippen LogP contribution in [0.5, 0.6) is 5.75 Å². The van der Waals surface area contributed by atoms with Gasteiger partial charge in [-0.25, -0.2) is 4.79 Å². The zero-order valence-corrected chi connectivity index (χ0v) is 14.5. The second kappa shape index (κ2) is 8.32. The molecule has 0 aromatic heterocycles. The van der Waals surface area contributed by atoms with Crippen LogP contribution in [-0.4, -0.2) is 68.1 Å². The number of piperazine rings is 1. The van der Waals surface area contributed by atoms with E-state index in [9.17, 15) is 9.59 Å².